The topological polar surface area (TPSA) is 147 Å². The summed E-state index contributed by atoms with van der Waals surface area (Å²) >= 11 is 6.73. The molecular formula is C35H48ClN3O9. The van der Waals surface area contributed by atoms with Crippen LogP contribution in [0, 0.1) is 18.8 Å². The minimum absolute atomic E-state index is 0.0726. The van der Waals surface area contributed by atoms with Crippen LogP contribution in [0.15, 0.2) is 35.9 Å². The Hall–Kier alpha value is -3.45. The molecule has 1 aromatic carbocycles. The van der Waals surface area contributed by atoms with E-state index >= 15 is 0 Å². The third-order valence-electron chi connectivity index (χ3n) is 9.93. The van der Waals surface area contributed by atoms with Crippen molar-refractivity contribution < 1.29 is 43.2 Å². The van der Waals surface area contributed by atoms with Gasteiger partial charge in [-0.3, -0.25) is 14.9 Å². The van der Waals surface area contributed by atoms with Gasteiger partial charge in [-0.2, -0.15) is 0 Å². The third-order valence-corrected chi connectivity index (χ3v) is 10.4. The minimum atomic E-state index is -1.60. The molecule has 3 amide bonds. The highest BCUT2D eigenvalue weighted by Crippen LogP contribution is 2.49. The number of aryl methyl sites for hydroxylation is 1. The lowest BCUT2D eigenvalue weighted by molar-refractivity contribution is -0.162. The van der Waals surface area contributed by atoms with Crippen LogP contribution in [-0.4, -0.2) is 97.4 Å². The Balaban J connectivity index is 1.75. The molecule has 48 heavy (non-hydrogen) atoms. The van der Waals surface area contributed by atoms with Gasteiger partial charge in [0.2, 0.25) is 11.8 Å². The summed E-state index contributed by atoms with van der Waals surface area (Å²) in [5.41, 5.74) is 0.506. The molecule has 0 aliphatic carbocycles. The maximum atomic E-state index is 14.0. The molecule has 2 N–H and O–H groups in total. The zero-order valence-electron chi connectivity index (χ0n) is 29.2. The molecule has 1 aromatic rings. The first-order chi connectivity index (χ1) is 22.4. The van der Waals surface area contributed by atoms with Crippen LogP contribution in [0.1, 0.15) is 58.6 Å². The summed E-state index contributed by atoms with van der Waals surface area (Å²) in [6.07, 6.45) is 2.80. The summed E-state index contributed by atoms with van der Waals surface area (Å²) in [5, 5.41) is 14.6. The number of aliphatic hydroxyl groups is 1. The van der Waals surface area contributed by atoms with Crippen molar-refractivity contribution in [3.63, 3.8) is 0 Å². The molecule has 0 radical (unpaired) electrons. The van der Waals surface area contributed by atoms with Gasteiger partial charge in [-0.05, 0) is 51.3 Å². The van der Waals surface area contributed by atoms with E-state index in [9.17, 15) is 24.3 Å². The van der Waals surface area contributed by atoms with Crippen LogP contribution in [-0.2, 0) is 39.8 Å². The molecule has 2 saturated heterocycles. The molecule has 0 spiro atoms. The fourth-order valence-corrected chi connectivity index (χ4v) is 6.62. The van der Waals surface area contributed by atoms with Crippen LogP contribution in [0.5, 0.6) is 0 Å². The molecule has 0 aromatic heterocycles. The first kappa shape index (κ1) is 37.4. The van der Waals surface area contributed by atoms with Crippen LogP contribution in [0.25, 0.3) is 0 Å². The van der Waals surface area contributed by atoms with Crippen molar-refractivity contribution in [1.82, 2.24) is 10.2 Å². The number of carbonyl (C=O) groups excluding carboxylic acids is 4. The second-order valence-corrected chi connectivity index (χ2v) is 14.0. The van der Waals surface area contributed by atoms with Gasteiger partial charge in [0.25, 0.3) is 0 Å². The number of likely N-dealkylation sites (N-methyl/N-ethyl adjacent to an activating group) is 1. The maximum Gasteiger partial charge on any atom is 0.409 e. The molecule has 1 unspecified atom stereocenters. The fraction of sp³-hybridized carbons (Fsp3) is 0.600. The summed E-state index contributed by atoms with van der Waals surface area (Å²) in [4.78, 5) is 55.3. The number of hydrogen-bond donors (Lipinski definition) is 2. The van der Waals surface area contributed by atoms with E-state index in [-0.39, 0.29) is 25.4 Å². The van der Waals surface area contributed by atoms with Crippen molar-refractivity contribution in [2.75, 3.05) is 32.7 Å². The van der Waals surface area contributed by atoms with Crippen molar-refractivity contribution in [2.45, 2.75) is 96.5 Å². The summed E-state index contributed by atoms with van der Waals surface area (Å²) in [7, 11) is 4.47. The van der Waals surface area contributed by atoms with Gasteiger partial charge in [-0.25, -0.2) is 9.59 Å². The van der Waals surface area contributed by atoms with Crippen LogP contribution in [0.3, 0.4) is 0 Å². The lowest BCUT2D eigenvalue weighted by Gasteiger charge is -2.41. The highest BCUT2D eigenvalue weighted by Gasteiger charge is 2.64. The van der Waals surface area contributed by atoms with Gasteiger partial charge in [0.05, 0.1) is 23.2 Å². The molecule has 3 heterocycles. The van der Waals surface area contributed by atoms with E-state index in [4.69, 9.17) is 30.5 Å². The number of anilines is 1. The molecule has 0 saturated carbocycles. The Morgan fingerprint density at radius 1 is 1.25 bits per heavy atom. The molecule has 12 nitrogen and oxygen atoms in total. The number of esters is 1. The van der Waals surface area contributed by atoms with Crippen LogP contribution >= 0.6 is 11.6 Å². The van der Waals surface area contributed by atoms with E-state index in [2.05, 4.69) is 5.32 Å². The first-order valence-corrected chi connectivity index (χ1v) is 16.5. The summed E-state index contributed by atoms with van der Waals surface area (Å²) < 4.78 is 22.8. The standard InChI is InChI=1S/C35H48ClN3O9/c1-19-11-10-12-21(3)35(44)17-26(46-33(43)37-35)22(4)31-34(6,48-31)27(47-32(42)23(5)38(7)29(41)18-45-9)16-28(40)39(8)25-15-24(13-19)14-20(2)30(25)36/h10-12,14-15,21-23,26-27,31,44H,13,16-18H2,1-9H3,(H,37,43)/b12-10+,19-11+/t21-,22-,23?,26+,27+,31+,34+,35+/m1/s1. The SMILES string of the molecule is COCC(=O)N(C)C(C)C(=O)O[C@H]1CC(=O)N(C)c2cc(cc(C)c2Cl)C/C(C)=C/C=C/[C@@H](C)[C@@]2(O)C[C@H](OC(=O)N2)[C@@H](C)[C@@H]2O[C@@]12C. The molecular weight excluding hydrogens is 642 g/mol. The number of carbonyl (C=O) groups is 4. The average molecular weight is 690 g/mol. The van der Waals surface area contributed by atoms with Gasteiger partial charge in [-0.15, -0.1) is 0 Å². The predicted octanol–water partition coefficient (Wildman–Crippen LogP) is 4.08. The number of ether oxygens (including phenoxy) is 4. The quantitative estimate of drug-likeness (QED) is 0.345. The van der Waals surface area contributed by atoms with Crippen LogP contribution in [0.4, 0.5) is 10.5 Å². The second kappa shape index (κ2) is 14.6. The molecule has 13 heteroatoms. The number of fused-ring (bicyclic) bond motifs is 5. The van der Waals surface area contributed by atoms with Gasteiger partial charge in [0.1, 0.15) is 36.2 Å². The van der Waals surface area contributed by atoms with Crippen molar-refractivity contribution >= 4 is 41.2 Å². The number of alkyl carbamates (subject to hydrolysis) is 1. The third kappa shape index (κ3) is 7.88. The van der Waals surface area contributed by atoms with Crippen molar-refractivity contribution in [3.05, 3.63) is 52.1 Å². The minimum Gasteiger partial charge on any atom is -0.457 e. The summed E-state index contributed by atoms with van der Waals surface area (Å²) in [5.74, 6) is -2.46. The first-order valence-electron chi connectivity index (χ1n) is 16.1. The number of methoxy groups -OCH3 is 1. The Morgan fingerprint density at radius 2 is 1.94 bits per heavy atom. The number of benzene rings is 1. The number of nitrogens with zero attached hydrogens (tertiary/aromatic N) is 2. The van der Waals surface area contributed by atoms with Crippen LogP contribution < -0.4 is 10.2 Å². The summed E-state index contributed by atoms with van der Waals surface area (Å²) in [6, 6.07) is 2.84. The number of epoxide rings is 1. The Kier molecular flexibility index (Phi) is 11.3. The largest absolute Gasteiger partial charge is 0.457 e. The van der Waals surface area contributed by atoms with Crippen LogP contribution in [0.2, 0.25) is 5.02 Å². The highest BCUT2D eigenvalue weighted by molar-refractivity contribution is 6.34. The van der Waals surface area contributed by atoms with E-state index in [1.54, 1.807) is 14.0 Å². The number of amides is 3. The molecule has 3 aliphatic rings. The van der Waals surface area contributed by atoms with Gasteiger partial charge in [0, 0.05) is 39.5 Å². The fourth-order valence-electron chi connectivity index (χ4n) is 6.39. The van der Waals surface area contributed by atoms with Crippen molar-refractivity contribution in [3.8, 4) is 0 Å². The predicted molar refractivity (Wildman–Crippen MR) is 179 cm³/mol. The number of nitrogens with one attached hydrogen (secondary N) is 1. The lowest BCUT2D eigenvalue weighted by atomic mass is 9.82. The second-order valence-electron chi connectivity index (χ2n) is 13.6. The zero-order valence-corrected chi connectivity index (χ0v) is 29.9. The van der Waals surface area contributed by atoms with E-state index < -0.39 is 65.5 Å². The maximum absolute atomic E-state index is 14.0. The van der Waals surface area contributed by atoms with Gasteiger partial charge >= 0.3 is 12.1 Å². The van der Waals surface area contributed by atoms with Crippen molar-refractivity contribution in [1.29, 1.82) is 0 Å². The molecule has 8 atom stereocenters. The lowest BCUT2D eigenvalue weighted by Crippen LogP contribution is -2.60. The number of hydrogen-bond acceptors (Lipinski definition) is 9. The van der Waals surface area contributed by atoms with E-state index in [0.29, 0.717) is 17.1 Å². The van der Waals surface area contributed by atoms with Gasteiger partial charge in [-0.1, -0.05) is 55.3 Å². The van der Waals surface area contributed by atoms with E-state index in [1.807, 2.05) is 58.1 Å². The van der Waals surface area contributed by atoms with Gasteiger partial charge in [0.15, 0.2) is 0 Å². The molecule has 4 rings (SSSR count). The normalized spacial score (nSPS) is 33.3. The smallest absolute Gasteiger partial charge is 0.409 e. The molecule has 3 aliphatic heterocycles. The molecule has 4 bridgehead atoms. The number of halogens is 1. The van der Waals surface area contributed by atoms with E-state index in [0.717, 1.165) is 16.7 Å². The number of rotatable bonds is 5. The van der Waals surface area contributed by atoms with Gasteiger partial charge < -0.3 is 33.9 Å². The Labute approximate surface area is 287 Å². The molecule has 264 valence electrons. The molecule has 2 fully saturated rings. The van der Waals surface area contributed by atoms with Crippen molar-refractivity contribution in [2.24, 2.45) is 11.8 Å². The Bertz CT molecular complexity index is 1500. The average Bonchev–Trinajstić information content (AvgIpc) is 3.72. The van der Waals surface area contributed by atoms with E-state index in [1.165, 1.54) is 30.9 Å². The monoisotopic (exact) mass is 689 g/mol. The number of allylic oxidation sites excluding steroid dienone is 3. The Morgan fingerprint density at radius 3 is 2.60 bits per heavy atom. The highest BCUT2D eigenvalue weighted by atomic mass is 35.5. The zero-order chi connectivity index (χ0) is 35.7. The summed E-state index contributed by atoms with van der Waals surface area (Å²) in [6.45, 7) is 10.5.